The van der Waals surface area contributed by atoms with Crippen LogP contribution in [-0.4, -0.2) is 23.0 Å². The fourth-order valence-electron chi connectivity index (χ4n) is 1.86. The van der Waals surface area contributed by atoms with Crippen LogP contribution in [-0.2, 0) is 16.0 Å². The Morgan fingerprint density at radius 3 is 2.57 bits per heavy atom. The minimum absolute atomic E-state index is 0.0597. The lowest BCUT2D eigenvalue weighted by molar-refractivity contribution is -0.123. The molecule has 1 atom stereocenters. The van der Waals surface area contributed by atoms with Crippen LogP contribution in [0.25, 0.3) is 0 Å². The molecule has 0 unspecified atom stereocenters. The fourth-order valence-corrected chi connectivity index (χ4v) is 2.02. The van der Waals surface area contributed by atoms with Gasteiger partial charge in [0.15, 0.2) is 6.10 Å². The standard InChI is InChI=1S/C17H17ClN2O3/c1-3-12-4-6-14(7-5-12)20-16(21)11(2)23-17(22)15-10-13(18)8-9-19-15/h4-11H,3H2,1-2H3,(H,20,21)/t11-/m1/s1. The molecule has 120 valence electrons. The molecule has 1 heterocycles. The van der Waals surface area contributed by atoms with E-state index >= 15 is 0 Å². The van der Waals surface area contributed by atoms with Crippen LogP contribution < -0.4 is 5.32 Å². The second kappa shape index (κ2) is 7.74. The maximum absolute atomic E-state index is 12.1. The molecule has 1 aromatic heterocycles. The molecule has 1 aromatic carbocycles. The Morgan fingerprint density at radius 1 is 1.26 bits per heavy atom. The van der Waals surface area contributed by atoms with Gasteiger partial charge in [-0.1, -0.05) is 30.7 Å². The van der Waals surface area contributed by atoms with E-state index in [1.54, 1.807) is 6.07 Å². The number of anilines is 1. The zero-order chi connectivity index (χ0) is 16.8. The molecule has 1 amide bonds. The summed E-state index contributed by atoms with van der Waals surface area (Å²) in [6.45, 7) is 3.55. The average Bonchev–Trinajstić information content (AvgIpc) is 2.55. The smallest absolute Gasteiger partial charge is 0.357 e. The summed E-state index contributed by atoms with van der Waals surface area (Å²) in [6, 6.07) is 10.4. The molecule has 0 fully saturated rings. The van der Waals surface area contributed by atoms with Crippen molar-refractivity contribution < 1.29 is 14.3 Å². The number of halogens is 1. The van der Waals surface area contributed by atoms with Gasteiger partial charge < -0.3 is 10.1 Å². The molecule has 0 aliphatic carbocycles. The number of carbonyl (C=O) groups excluding carboxylic acids is 2. The van der Waals surface area contributed by atoms with Gasteiger partial charge in [0.2, 0.25) is 0 Å². The zero-order valence-corrected chi connectivity index (χ0v) is 13.6. The second-order valence-corrected chi connectivity index (χ2v) is 5.38. The number of hydrogen-bond acceptors (Lipinski definition) is 4. The number of esters is 1. The Labute approximate surface area is 139 Å². The van der Waals surface area contributed by atoms with Crippen LogP contribution in [0.4, 0.5) is 5.69 Å². The van der Waals surface area contributed by atoms with Crippen molar-refractivity contribution in [3.05, 3.63) is 58.9 Å². The van der Waals surface area contributed by atoms with Crippen LogP contribution in [0.5, 0.6) is 0 Å². The molecule has 2 aromatic rings. The van der Waals surface area contributed by atoms with E-state index in [4.69, 9.17) is 16.3 Å². The molecule has 0 radical (unpaired) electrons. The first-order chi connectivity index (χ1) is 11.0. The summed E-state index contributed by atoms with van der Waals surface area (Å²) in [6.07, 6.45) is 1.38. The number of ether oxygens (including phenoxy) is 1. The van der Waals surface area contributed by atoms with E-state index in [9.17, 15) is 9.59 Å². The first-order valence-electron chi connectivity index (χ1n) is 7.22. The van der Waals surface area contributed by atoms with Gasteiger partial charge in [-0.25, -0.2) is 9.78 Å². The SMILES string of the molecule is CCc1ccc(NC(=O)[C@@H](C)OC(=O)c2cc(Cl)ccn2)cc1. The van der Waals surface area contributed by atoms with E-state index in [2.05, 4.69) is 17.2 Å². The highest BCUT2D eigenvalue weighted by molar-refractivity contribution is 6.30. The second-order valence-electron chi connectivity index (χ2n) is 4.95. The zero-order valence-electron chi connectivity index (χ0n) is 12.9. The number of amides is 1. The van der Waals surface area contributed by atoms with Crippen molar-refractivity contribution in [2.75, 3.05) is 5.32 Å². The third-order valence-electron chi connectivity index (χ3n) is 3.21. The molecule has 0 aliphatic heterocycles. The number of benzene rings is 1. The van der Waals surface area contributed by atoms with Crippen LogP contribution in [0.2, 0.25) is 5.02 Å². The lowest BCUT2D eigenvalue weighted by Gasteiger charge is -2.13. The first-order valence-corrected chi connectivity index (χ1v) is 7.59. The minimum Gasteiger partial charge on any atom is -0.448 e. The molecule has 23 heavy (non-hydrogen) atoms. The molecular formula is C17H17ClN2O3. The number of hydrogen-bond donors (Lipinski definition) is 1. The molecule has 0 aliphatic rings. The molecule has 6 heteroatoms. The highest BCUT2D eigenvalue weighted by Crippen LogP contribution is 2.12. The van der Waals surface area contributed by atoms with Crippen molar-refractivity contribution >= 4 is 29.2 Å². The topological polar surface area (TPSA) is 68.3 Å². The van der Waals surface area contributed by atoms with Crippen molar-refractivity contribution in [3.63, 3.8) is 0 Å². The van der Waals surface area contributed by atoms with E-state index < -0.39 is 18.0 Å². The Balaban J connectivity index is 1.95. The van der Waals surface area contributed by atoms with Crippen LogP contribution in [0.3, 0.4) is 0 Å². The summed E-state index contributed by atoms with van der Waals surface area (Å²) in [5.41, 5.74) is 1.88. The van der Waals surface area contributed by atoms with E-state index in [0.717, 1.165) is 6.42 Å². The Hall–Kier alpha value is -2.40. The third-order valence-corrected chi connectivity index (χ3v) is 3.45. The van der Waals surface area contributed by atoms with Gasteiger partial charge in [0.1, 0.15) is 5.69 Å². The molecule has 0 saturated heterocycles. The summed E-state index contributed by atoms with van der Waals surface area (Å²) >= 11 is 5.79. The highest BCUT2D eigenvalue weighted by atomic mass is 35.5. The summed E-state index contributed by atoms with van der Waals surface area (Å²) in [7, 11) is 0. The lowest BCUT2D eigenvalue weighted by atomic mass is 10.1. The van der Waals surface area contributed by atoms with Crippen molar-refractivity contribution in [2.24, 2.45) is 0 Å². The Kier molecular flexibility index (Phi) is 5.71. The number of aryl methyl sites for hydroxylation is 1. The summed E-state index contributed by atoms with van der Waals surface area (Å²) in [4.78, 5) is 27.9. The molecular weight excluding hydrogens is 316 g/mol. The van der Waals surface area contributed by atoms with Crippen LogP contribution in [0.15, 0.2) is 42.6 Å². The van der Waals surface area contributed by atoms with Crippen molar-refractivity contribution in [2.45, 2.75) is 26.4 Å². The van der Waals surface area contributed by atoms with Crippen LogP contribution in [0, 0.1) is 0 Å². The fraction of sp³-hybridized carbons (Fsp3) is 0.235. The van der Waals surface area contributed by atoms with Crippen molar-refractivity contribution in [1.29, 1.82) is 0 Å². The first kappa shape index (κ1) is 17.0. The van der Waals surface area contributed by atoms with Crippen LogP contribution in [0.1, 0.15) is 29.9 Å². The predicted molar refractivity (Wildman–Crippen MR) is 88.6 cm³/mol. The molecule has 5 nitrogen and oxygen atoms in total. The average molecular weight is 333 g/mol. The van der Waals surface area contributed by atoms with Gasteiger partial charge >= 0.3 is 5.97 Å². The molecule has 2 rings (SSSR count). The van der Waals surface area contributed by atoms with Crippen molar-refractivity contribution in [1.82, 2.24) is 4.98 Å². The van der Waals surface area contributed by atoms with Gasteiger partial charge in [-0.2, -0.15) is 0 Å². The monoisotopic (exact) mass is 332 g/mol. The summed E-state index contributed by atoms with van der Waals surface area (Å²) in [5.74, 6) is -1.11. The number of carbonyl (C=O) groups is 2. The lowest BCUT2D eigenvalue weighted by Crippen LogP contribution is -2.30. The molecule has 0 spiro atoms. The number of pyridine rings is 1. The molecule has 0 saturated carbocycles. The van der Waals surface area contributed by atoms with Gasteiger partial charge in [-0.05, 0) is 43.2 Å². The van der Waals surface area contributed by atoms with Gasteiger partial charge in [0.25, 0.3) is 5.91 Å². The number of nitrogens with one attached hydrogen (secondary N) is 1. The number of nitrogens with zero attached hydrogens (tertiary/aromatic N) is 1. The van der Waals surface area contributed by atoms with E-state index in [0.29, 0.717) is 10.7 Å². The van der Waals surface area contributed by atoms with Crippen LogP contribution >= 0.6 is 11.6 Å². The van der Waals surface area contributed by atoms with Gasteiger partial charge in [-0.3, -0.25) is 4.79 Å². The van der Waals surface area contributed by atoms with E-state index in [1.807, 2.05) is 24.3 Å². The normalized spacial score (nSPS) is 11.6. The Bertz CT molecular complexity index is 701. The molecule has 0 bridgehead atoms. The minimum atomic E-state index is -0.950. The molecule has 1 N–H and O–H groups in total. The highest BCUT2D eigenvalue weighted by Gasteiger charge is 2.20. The predicted octanol–water partition coefficient (Wildman–Crippen LogP) is 3.48. The summed E-state index contributed by atoms with van der Waals surface area (Å²) < 4.78 is 5.10. The van der Waals surface area contributed by atoms with Gasteiger partial charge in [0.05, 0.1) is 0 Å². The summed E-state index contributed by atoms with van der Waals surface area (Å²) in [5, 5.41) is 3.07. The van der Waals surface area contributed by atoms with Gasteiger partial charge in [-0.15, -0.1) is 0 Å². The van der Waals surface area contributed by atoms with Crippen molar-refractivity contribution in [3.8, 4) is 0 Å². The maximum atomic E-state index is 12.1. The maximum Gasteiger partial charge on any atom is 0.357 e. The van der Waals surface area contributed by atoms with E-state index in [1.165, 1.54) is 24.8 Å². The largest absolute Gasteiger partial charge is 0.448 e. The van der Waals surface area contributed by atoms with E-state index in [-0.39, 0.29) is 5.69 Å². The van der Waals surface area contributed by atoms with Gasteiger partial charge in [0, 0.05) is 16.9 Å². The number of aromatic nitrogens is 1. The Morgan fingerprint density at radius 2 is 1.96 bits per heavy atom. The quantitative estimate of drug-likeness (QED) is 0.851. The third kappa shape index (κ3) is 4.79. The number of rotatable bonds is 5.